The molecule has 1 aromatic carbocycles. The third kappa shape index (κ3) is 1.40. The van der Waals surface area contributed by atoms with Crippen molar-refractivity contribution in [2.45, 2.75) is 0 Å². The average molecular weight is 180 g/mol. The molecule has 0 aromatic heterocycles. The van der Waals surface area contributed by atoms with E-state index in [1.165, 1.54) is 0 Å². The number of nitrogens with one attached hydrogen (secondary N) is 1. The molecule has 0 atom stereocenters. The van der Waals surface area contributed by atoms with Gasteiger partial charge in [-0.15, -0.1) is 0 Å². The van der Waals surface area contributed by atoms with Gasteiger partial charge < -0.3 is 9.64 Å². The fourth-order valence-corrected chi connectivity index (χ4v) is 1.43. The molecule has 1 aliphatic heterocycles. The van der Waals surface area contributed by atoms with E-state index in [-0.39, 0.29) is 0 Å². The van der Waals surface area contributed by atoms with Crippen LogP contribution in [-0.4, -0.2) is 25.4 Å². The molecule has 70 valence electrons. The number of hydrogen-bond donors (Lipinski definition) is 2. The van der Waals surface area contributed by atoms with Crippen molar-refractivity contribution in [2.75, 3.05) is 30.6 Å². The minimum absolute atomic E-state index is 0.647. The third-order valence-corrected chi connectivity index (χ3v) is 2.18. The van der Waals surface area contributed by atoms with E-state index in [2.05, 4.69) is 10.4 Å². The van der Waals surface area contributed by atoms with Crippen LogP contribution in [-0.2, 0) is 0 Å². The molecule has 0 saturated heterocycles. The SMILES string of the molecule is CN1CCOc2cc(NO)ccc21. The van der Waals surface area contributed by atoms with Crippen LogP contribution >= 0.6 is 0 Å². The van der Waals surface area contributed by atoms with Crippen molar-refractivity contribution in [3.63, 3.8) is 0 Å². The van der Waals surface area contributed by atoms with Crippen LogP contribution in [0.1, 0.15) is 0 Å². The maximum Gasteiger partial charge on any atom is 0.144 e. The Kier molecular flexibility index (Phi) is 1.98. The average Bonchev–Trinajstić information content (AvgIpc) is 2.18. The van der Waals surface area contributed by atoms with E-state index >= 15 is 0 Å². The molecule has 0 radical (unpaired) electrons. The first kappa shape index (κ1) is 8.19. The predicted molar refractivity (Wildman–Crippen MR) is 50.6 cm³/mol. The van der Waals surface area contributed by atoms with Crippen LogP contribution in [0.3, 0.4) is 0 Å². The molecule has 0 unspecified atom stereocenters. The smallest absolute Gasteiger partial charge is 0.144 e. The molecule has 4 nitrogen and oxygen atoms in total. The predicted octanol–water partition coefficient (Wildman–Crippen LogP) is 1.32. The second kappa shape index (κ2) is 3.14. The van der Waals surface area contributed by atoms with Gasteiger partial charge in [-0.3, -0.25) is 10.7 Å². The van der Waals surface area contributed by atoms with E-state index in [4.69, 9.17) is 9.94 Å². The number of benzene rings is 1. The molecule has 0 bridgehead atoms. The van der Waals surface area contributed by atoms with Gasteiger partial charge in [0.15, 0.2) is 0 Å². The Labute approximate surface area is 76.7 Å². The van der Waals surface area contributed by atoms with E-state index in [0.717, 1.165) is 18.0 Å². The second-order valence-corrected chi connectivity index (χ2v) is 3.06. The zero-order chi connectivity index (χ0) is 9.26. The van der Waals surface area contributed by atoms with Gasteiger partial charge in [-0.2, -0.15) is 0 Å². The van der Waals surface area contributed by atoms with E-state index < -0.39 is 0 Å². The number of ether oxygens (including phenoxy) is 1. The van der Waals surface area contributed by atoms with E-state index in [1.54, 1.807) is 6.07 Å². The first-order valence-corrected chi connectivity index (χ1v) is 4.19. The van der Waals surface area contributed by atoms with Crippen LogP contribution in [0.25, 0.3) is 0 Å². The minimum Gasteiger partial charge on any atom is -0.489 e. The molecule has 13 heavy (non-hydrogen) atoms. The molecular weight excluding hydrogens is 168 g/mol. The monoisotopic (exact) mass is 180 g/mol. The summed E-state index contributed by atoms with van der Waals surface area (Å²) in [6.07, 6.45) is 0. The quantitative estimate of drug-likeness (QED) is 0.640. The molecule has 1 heterocycles. The lowest BCUT2D eigenvalue weighted by Gasteiger charge is -2.27. The summed E-state index contributed by atoms with van der Waals surface area (Å²) in [5, 5.41) is 8.69. The highest BCUT2D eigenvalue weighted by Crippen LogP contribution is 2.32. The van der Waals surface area contributed by atoms with Crippen molar-refractivity contribution in [1.82, 2.24) is 0 Å². The van der Waals surface area contributed by atoms with Crippen molar-refractivity contribution in [3.05, 3.63) is 18.2 Å². The third-order valence-electron chi connectivity index (χ3n) is 2.18. The second-order valence-electron chi connectivity index (χ2n) is 3.06. The standard InChI is InChI=1S/C9H12N2O2/c1-11-4-5-13-9-6-7(10-12)2-3-8(9)11/h2-3,6,10,12H,4-5H2,1H3. The largest absolute Gasteiger partial charge is 0.489 e. The van der Waals surface area contributed by atoms with Gasteiger partial charge in [-0.25, -0.2) is 0 Å². The summed E-state index contributed by atoms with van der Waals surface area (Å²) in [7, 11) is 2.02. The van der Waals surface area contributed by atoms with Crippen molar-refractivity contribution in [2.24, 2.45) is 0 Å². The first-order valence-electron chi connectivity index (χ1n) is 4.19. The number of hydrogen-bond acceptors (Lipinski definition) is 4. The van der Waals surface area contributed by atoms with E-state index in [1.807, 2.05) is 19.2 Å². The number of nitrogens with zero attached hydrogens (tertiary/aromatic N) is 1. The maximum atomic E-state index is 8.69. The molecule has 1 aromatic rings. The molecule has 2 rings (SSSR count). The van der Waals surface area contributed by atoms with E-state index in [0.29, 0.717) is 12.3 Å². The highest BCUT2D eigenvalue weighted by atomic mass is 16.5. The normalized spacial score (nSPS) is 14.8. The van der Waals surface area contributed by atoms with Gasteiger partial charge in [-0.05, 0) is 12.1 Å². The highest BCUT2D eigenvalue weighted by molar-refractivity contribution is 5.65. The van der Waals surface area contributed by atoms with Gasteiger partial charge in [-0.1, -0.05) is 0 Å². The highest BCUT2D eigenvalue weighted by Gasteiger charge is 2.14. The molecule has 0 fully saturated rings. The van der Waals surface area contributed by atoms with Gasteiger partial charge in [0.2, 0.25) is 0 Å². The Morgan fingerprint density at radius 2 is 2.38 bits per heavy atom. The Balaban J connectivity index is 2.39. The van der Waals surface area contributed by atoms with Crippen LogP contribution in [0.2, 0.25) is 0 Å². The van der Waals surface area contributed by atoms with Gasteiger partial charge in [0.25, 0.3) is 0 Å². The Morgan fingerprint density at radius 1 is 1.54 bits per heavy atom. The molecule has 0 amide bonds. The molecule has 2 N–H and O–H groups in total. The summed E-state index contributed by atoms with van der Waals surface area (Å²) in [4.78, 5) is 2.12. The summed E-state index contributed by atoms with van der Waals surface area (Å²) in [6.45, 7) is 1.59. The number of fused-ring (bicyclic) bond motifs is 1. The summed E-state index contributed by atoms with van der Waals surface area (Å²) < 4.78 is 5.44. The van der Waals surface area contributed by atoms with Crippen LogP contribution in [0.5, 0.6) is 5.75 Å². The van der Waals surface area contributed by atoms with Crippen LogP contribution in [0, 0.1) is 0 Å². The lowest BCUT2D eigenvalue weighted by Crippen LogP contribution is -2.28. The molecular formula is C9H12N2O2. The van der Waals surface area contributed by atoms with Gasteiger partial charge in [0.1, 0.15) is 12.4 Å². The van der Waals surface area contributed by atoms with Gasteiger partial charge in [0, 0.05) is 13.1 Å². The van der Waals surface area contributed by atoms with Crippen molar-refractivity contribution >= 4 is 11.4 Å². The lowest BCUT2D eigenvalue weighted by atomic mass is 10.2. The fourth-order valence-electron chi connectivity index (χ4n) is 1.43. The van der Waals surface area contributed by atoms with Crippen LogP contribution in [0.4, 0.5) is 11.4 Å². The van der Waals surface area contributed by atoms with Gasteiger partial charge >= 0.3 is 0 Å². The van der Waals surface area contributed by atoms with Crippen molar-refractivity contribution in [1.29, 1.82) is 0 Å². The Hall–Kier alpha value is -1.42. The number of rotatable bonds is 1. The van der Waals surface area contributed by atoms with Crippen LogP contribution in [0.15, 0.2) is 18.2 Å². The molecule has 1 aliphatic rings. The Morgan fingerprint density at radius 3 is 3.15 bits per heavy atom. The lowest BCUT2D eigenvalue weighted by molar-refractivity contribution is 0.311. The number of anilines is 2. The van der Waals surface area contributed by atoms with Crippen molar-refractivity contribution in [3.8, 4) is 5.75 Å². The van der Waals surface area contributed by atoms with Crippen molar-refractivity contribution < 1.29 is 9.94 Å². The minimum atomic E-state index is 0.647. The zero-order valence-corrected chi connectivity index (χ0v) is 7.45. The molecule has 0 saturated carbocycles. The first-order chi connectivity index (χ1) is 6.31. The molecule has 4 heteroatoms. The summed E-state index contributed by atoms with van der Waals surface area (Å²) in [5.74, 6) is 0.813. The zero-order valence-electron chi connectivity index (χ0n) is 7.45. The topological polar surface area (TPSA) is 44.7 Å². The summed E-state index contributed by atoms with van der Waals surface area (Å²) >= 11 is 0. The van der Waals surface area contributed by atoms with E-state index in [9.17, 15) is 0 Å². The maximum absolute atomic E-state index is 8.69. The molecule has 0 aliphatic carbocycles. The van der Waals surface area contributed by atoms with Gasteiger partial charge in [0.05, 0.1) is 17.9 Å². The summed E-state index contributed by atoms with van der Waals surface area (Å²) in [5.41, 5.74) is 3.80. The summed E-state index contributed by atoms with van der Waals surface area (Å²) in [6, 6.07) is 5.52. The molecule has 0 spiro atoms. The van der Waals surface area contributed by atoms with Crippen LogP contribution < -0.4 is 15.1 Å². The Bertz CT molecular complexity index is 314. The number of likely N-dealkylation sites (N-methyl/N-ethyl adjacent to an activating group) is 1. The fraction of sp³-hybridized carbons (Fsp3) is 0.333.